The lowest BCUT2D eigenvalue weighted by Gasteiger charge is -2.26. The average molecular weight is 468 g/mol. The van der Waals surface area contributed by atoms with Gasteiger partial charge in [-0.25, -0.2) is 19.3 Å². The van der Waals surface area contributed by atoms with Gasteiger partial charge in [-0.2, -0.15) is 0 Å². The van der Waals surface area contributed by atoms with Crippen LogP contribution < -0.4 is 5.32 Å². The highest BCUT2D eigenvalue weighted by atomic mass is 19.1. The third-order valence-corrected chi connectivity index (χ3v) is 6.31. The summed E-state index contributed by atoms with van der Waals surface area (Å²) in [6.45, 7) is 7.61. The average Bonchev–Trinajstić information content (AvgIpc) is 3.06. The van der Waals surface area contributed by atoms with Gasteiger partial charge in [-0.05, 0) is 38.3 Å². The number of halogens is 1. The van der Waals surface area contributed by atoms with E-state index in [0.29, 0.717) is 24.9 Å². The second-order valence-corrected chi connectivity index (χ2v) is 8.70. The van der Waals surface area contributed by atoms with Gasteiger partial charge in [0.25, 0.3) is 0 Å². The zero-order valence-corrected chi connectivity index (χ0v) is 19.4. The highest BCUT2D eigenvalue weighted by Crippen LogP contribution is 2.31. The molecule has 2 fully saturated rings. The zero-order valence-electron chi connectivity index (χ0n) is 19.4. The summed E-state index contributed by atoms with van der Waals surface area (Å²) in [5.41, 5.74) is 2.62. The number of anilines is 2. The number of hydrogen-bond acceptors (Lipinski definition) is 8. The molecule has 1 N–H and O–H groups in total. The van der Waals surface area contributed by atoms with E-state index in [1.165, 1.54) is 6.20 Å². The van der Waals surface area contributed by atoms with Gasteiger partial charge in [-0.1, -0.05) is 0 Å². The van der Waals surface area contributed by atoms with E-state index < -0.39 is 5.82 Å². The molecule has 2 aliphatic rings. The van der Waals surface area contributed by atoms with Crippen molar-refractivity contribution >= 4 is 11.6 Å². The lowest BCUT2D eigenvalue weighted by Crippen LogP contribution is -2.26. The Morgan fingerprint density at radius 3 is 2.68 bits per heavy atom. The molecule has 3 aromatic rings. The van der Waals surface area contributed by atoms with Gasteiger partial charge >= 0.3 is 0 Å². The first-order chi connectivity index (χ1) is 16.7. The molecule has 0 atom stereocenters. The fourth-order valence-corrected chi connectivity index (χ4v) is 4.55. The largest absolute Gasteiger partial charge is 0.381 e. The van der Waals surface area contributed by atoms with Crippen LogP contribution in [-0.2, 0) is 16.0 Å². The van der Waals surface area contributed by atoms with Crippen molar-refractivity contribution in [3.8, 4) is 11.4 Å². The van der Waals surface area contributed by atoms with Crippen molar-refractivity contribution in [2.45, 2.75) is 38.8 Å². The summed E-state index contributed by atoms with van der Waals surface area (Å²) >= 11 is 0. The molecule has 0 unspecified atom stereocenters. The molecular formula is C24H30FN7O2. The van der Waals surface area contributed by atoms with Crippen LogP contribution >= 0.6 is 0 Å². The van der Waals surface area contributed by atoms with Crippen molar-refractivity contribution in [3.05, 3.63) is 48.1 Å². The maximum absolute atomic E-state index is 14.8. The molecule has 180 valence electrons. The number of pyridine rings is 1. The minimum Gasteiger partial charge on any atom is -0.381 e. The Balaban J connectivity index is 1.32. The fourth-order valence-electron chi connectivity index (χ4n) is 4.55. The van der Waals surface area contributed by atoms with Crippen LogP contribution in [0, 0.1) is 12.7 Å². The molecule has 0 amide bonds. The van der Waals surface area contributed by atoms with Crippen LogP contribution in [0.5, 0.6) is 0 Å². The van der Waals surface area contributed by atoms with Gasteiger partial charge in [-0.3, -0.25) is 9.88 Å². The first kappa shape index (κ1) is 22.8. The van der Waals surface area contributed by atoms with Crippen molar-refractivity contribution in [3.63, 3.8) is 0 Å². The van der Waals surface area contributed by atoms with Crippen LogP contribution in [0.3, 0.4) is 0 Å². The standard InChI is InChI=1S/C24H30FN7O2/c1-17-26-15-22(32(17)20-5-10-34-11-6-20)23-21(25)14-28-24(30-23)29-18-3-4-19(27-13-18)16-31-7-2-9-33-12-8-31/h3-4,13-15,20H,2,5-12,16H2,1H3,(H,28,29,30). The first-order valence-corrected chi connectivity index (χ1v) is 11.8. The van der Waals surface area contributed by atoms with Gasteiger partial charge in [0.05, 0.1) is 42.3 Å². The van der Waals surface area contributed by atoms with E-state index in [-0.39, 0.29) is 11.7 Å². The van der Waals surface area contributed by atoms with Crippen LogP contribution in [0.2, 0.25) is 0 Å². The van der Waals surface area contributed by atoms with Crippen molar-refractivity contribution in [1.29, 1.82) is 0 Å². The molecule has 0 aromatic carbocycles. The molecule has 5 heterocycles. The van der Waals surface area contributed by atoms with Crippen LogP contribution in [0.25, 0.3) is 11.4 Å². The first-order valence-electron chi connectivity index (χ1n) is 11.8. The zero-order chi connectivity index (χ0) is 23.3. The Labute approximate surface area is 198 Å². The number of nitrogens with one attached hydrogen (secondary N) is 1. The van der Waals surface area contributed by atoms with Crippen LogP contribution in [0.15, 0.2) is 30.7 Å². The third kappa shape index (κ3) is 5.24. The van der Waals surface area contributed by atoms with Gasteiger partial charge < -0.3 is 19.4 Å². The van der Waals surface area contributed by atoms with E-state index in [1.54, 1.807) is 12.4 Å². The molecular weight excluding hydrogens is 437 g/mol. The number of rotatable bonds is 6. The molecule has 3 aromatic heterocycles. The molecule has 10 heteroatoms. The van der Waals surface area contributed by atoms with E-state index in [1.807, 2.05) is 19.1 Å². The minimum absolute atomic E-state index is 0.213. The van der Waals surface area contributed by atoms with Crippen LogP contribution in [0.4, 0.5) is 16.0 Å². The molecule has 0 radical (unpaired) electrons. The van der Waals surface area contributed by atoms with Crippen molar-refractivity contribution in [2.24, 2.45) is 0 Å². The van der Waals surface area contributed by atoms with Gasteiger partial charge in [-0.15, -0.1) is 0 Å². The van der Waals surface area contributed by atoms with Crippen molar-refractivity contribution in [1.82, 2.24) is 29.4 Å². The molecule has 34 heavy (non-hydrogen) atoms. The Bertz CT molecular complexity index is 1090. The van der Waals surface area contributed by atoms with Gasteiger partial charge in [0.2, 0.25) is 5.95 Å². The summed E-state index contributed by atoms with van der Waals surface area (Å²) in [5, 5.41) is 3.15. The Kier molecular flexibility index (Phi) is 7.08. The van der Waals surface area contributed by atoms with E-state index in [0.717, 1.165) is 69.3 Å². The maximum atomic E-state index is 14.8. The second-order valence-electron chi connectivity index (χ2n) is 8.70. The number of ether oxygens (including phenoxy) is 2. The van der Waals surface area contributed by atoms with Gasteiger partial charge in [0.1, 0.15) is 11.5 Å². The fraction of sp³-hybridized carbons (Fsp3) is 0.500. The Morgan fingerprint density at radius 2 is 1.85 bits per heavy atom. The summed E-state index contributed by atoms with van der Waals surface area (Å²) in [7, 11) is 0. The van der Waals surface area contributed by atoms with Crippen molar-refractivity contribution in [2.75, 3.05) is 44.8 Å². The summed E-state index contributed by atoms with van der Waals surface area (Å²) in [4.78, 5) is 20.0. The Hall–Kier alpha value is -2.95. The minimum atomic E-state index is -0.478. The summed E-state index contributed by atoms with van der Waals surface area (Å²) < 4.78 is 27.9. The van der Waals surface area contributed by atoms with E-state index in [2.05, 4.69) is 34.7 Å². The molecule has 0 saturated carbocycles. The van der Waals surface area contributed by atoms with Gasteiger partial charge in [0, 0.05) is 45.5 Å². The molecule has 0 aliphatic carbocycles. The maximum Gasteiger partial charge on any atom is 0.228 e. The summed E-state index contributed by atoms with van der Waals surface area (Å²) in [5.74, 6) is 0.673. The van der Waals surface area contributed by atoms with Crippen molar-refractivity contribution < 1.29 is 13.9 Å². The SMILES string of the molecule is Cc1ncc(-c2nc(Nc3ccc(CN4CCCOCC4)nc3)ncc2F)n1C1CCOCC1. The molecule has 5 rings (SSSR count). The number of aromatic nitrogens is 5. The van der Waals surface area contributed by atoms with E-state index >= 15 is 0 Å². The highest BCUT2D eigenvalue weighted by molar-refractivity contribution is 5.59. The topological polar surface area (TPSA) is 90.2 Å². The number of nitrogens with zero attached hydrogens (tertiary/aromatic N) is 6. The number of imidazole rings is 1. The van der Waals surface area contributed by atoms with Gasteiger partial charge in [0.15, 0.2) is 5.82 Å². The molecule has 9 nitrogen and oxygen atoms in total. The summed E-state index contributed by atoms with van der Waals surface area (Å²) in [6.07, 6.45) is 7.41. The Morgan fingerprint density at radius 1 is 1.00 bits per heavy atom. The highest BCUT2D eigenvalue weighted by Gasteiger charge is 2.23. The molecule has 0 spiro atoms. The molecule has 0 bridgehead atoms. The van der Waals surface area contributed by atoms with Crippen LogP contribution in [0.1, 0.15) is 36.8 Å². The molecule has 2 aliphatic heterocycles. The van der Waals surface area contributed by atoms with E-state index in [9.17, 15) is 4.39 Å². The third-order valence-electron chi connectivity index (χ3n) is 6.31. The number of hydrogen-bond donors (Lipinski definition) is 1. The normalized spacial score (nSPS) is 18.1. The summed E-state index contributed by atoms with van der Waals surface area (Å²) in [6, 6.07) is 4.14. The monoisotopic (exact) mass is 467 g/mol. The molecule has 2 saturated heterocycles. The number of aryl methyl sites for hydroxylation is 1. The lowest BCUT2D eigenvalue weighted by atomic mass is 10.1. The van der Waals surface area contributed by atoms with E-state index in [4.69, 9.17) is 9.47 Å². The smallest absolute Gasteiger partial charge is 0.228 e. The second kappa shape index (κ2) is 10.5. The predicted octanol–water partition coefficient (Wildman–Crippen LogP) is 3.50. The predicted molar refractivity (Wildman–Crippen MR) is 125 cm³/mol. The van der Waals surface area contributed by atoms with Crippen LogP contribution in [-0.4, -0.2) is 68.9 Å². The quantitative estimate of drug-likeness (QED) is 0.589. The lowest BCUT2D eigenvalue weighted by molar-refractivity contribution is 0.0694.